The van der Waals surface area contributed by atoms with Crippen molar-refractivity contribution in [1.29, 1.82) is 0 Å². The van der Waals surface area contributed by atoms with Crippen LogP contribution in [0.15, 0.2) is 48.8 Å². The van der Waals surface area contributed by atoms with Gasteiger partial charge in [-0.15, -0.1) is 0 Å². The van der Waals surface area contributed by atoms with E-state index in [2.05, 4.69) is 6.92 Å². The maximum atomic E-state index is 12.2. The van der Waals surface area contributed by atoms with E-state index in [1.54, 1.807) is 0 Å². The summed E-state index contributed by atoms with van der Waals surface area (Å²) in [4.78, 5) is 14.2. The number of pyridine rings is 1. The number of hydrogen-bond donors (Lipinski definition) is 0. The monoisotopic (exact) mass is 269 g/mol. The Bertz CT molecular complexity index is 571. The van der Waals surface area contributed by atoms with Crippen molar-refractivity contribution in [1.82, 2.24) is 0 Å². The van der Waals surface area contributed by atoms with Gasteiger partial charge in [0.25, 0.3) is 0 Å². The molecular formula is C17H21N2O+. The molecule has 1 heterocycles. The minimum atomic E-state index is 0.134. The third-order valence-electron chi connectivity index (χ3n) is 3.40. The lowest BCUT2D eigenvalue weighted by Crippen LogP contribution is -2.37. The highest BCUT2D eigenvalue weighted by molar-refractivity contribution is 5.95. The smallest absolute Gasteiger partial charge is 0.227 e. The second-order valence-electron chi connectivity index (χ2n) is 5.10. The number of benzene rings is 1. The number of carbonyl (C=O) groups excluding carboxylic acids is 1. The van der Waals surface area contributed by atoms with Gasteiger partial charge in [-0.25, -0.2) is 0 Å². The van der Waals surface area contributed by atoms with Gasteiger partial charge in [0.05, 0.1) is 0 Å². The zero-order chi connectivity index (χ0) is 14.5. The quantitative estimate of drug-likeness (QED) is 0.615. The summed E-state index contributed by atoms with van der Waals surface area (Å²) in [7, 11) is 4.00. The fourth-order valence-corrected chi connectivity index (χ4v) is 2.04. The first-order valence-electron chi connectivity index (χ1n) is 6.88. The minimum Gasteiger partial charge on any atom is -0.377 e. The molecule has 3 heteroatoms. The van der Waals surface area contributed by atoms with E-state index < -0.39 is 0 Å². The van der Waals surface area contributed by atoms with Crippen LogP contribution in [-0.4, -0.2) is 19.9 Å². The van der Waals surface area contributed by atoms with Gasteiger partial charge in [-0.1, -0.05) is 31.2 Å². The maximum Gasteiger partial charge on any atom is 0.227 e. The Labute approximate surface area is 120 Å². The molecule has 0 atom stereocenters. The van der Waals surface area contributed by atoms with E-state index in [1.165, 1.54) is 5.56 Å². The number of Topliss-reactive ketones (excluding diaryl/α,β-unsaturated/α-hetero) is 1. The fourth-order valence-electron chi connectivity index (χ4n) is 2.04. The summed E-state index contributed by atoms with van der Waals surface area (Å²) in [5.74, 6) is 0.134. The summed E-state index contributed by atoms with van der Waals surface area (Å²) in [5.41, 5.74) is 3.15. The Hall–Kier alpha value is -2.16. The summed E-state index contributed by atoms with van der Waals surface area (Å²) >= 11 is 0. The van der Waals surface area contributed by atoms with Crippen molar-refractivity contribution < 1.29 is 9.36 Å². The molecule has 0 saturated carbocycles. The molecule has 0 amide bonds. The molecule has 0 aliphatic heterocycles. The molecule has 0 spiro atoms. The van der Waals surface area contributed by atoms with Crippen molar-refractivity contribution in [2.24, 2.45) is 0 Å². The van der Waals surface area contributed by atoms with Crippen LogP contribution in [-0.2, 0) is 13.0 Å². The lowest BCUT2D eigenvalue weighted by molar-refractivity contribution is -0.683. The Balaban J connectivity index is 2.06. The SMILES string of the molecule is CCc1ccc(C(=O)C[n+]2ccc(N(C)C)cc2)cc1. The normalized spacial score (nSPS) is 10.3. The van der Waals surface area contributed by atoms with Gasteiger partial charge in [-0.3, -0.25) is 4.79 Å². The van der Waals surface area contributed by atoms with Gasteiger partial charge >= 0.3 is 0 Å². The number of anilines is 1. The molecule has 0 unspecified atom stereocenters. The van der Waals surface area contributed by atoms with E-state index in [0.717, 1.165) is 17.7 Å². The molecule has 0 aliphatic carbocycles. The van der Waals surface area contributed by atoms with Gasteiger partial charge in [0, 0.05) is 37.5 Å². The molecule has 0 radical (unpaired) electrons. The average molecular weight is 269 g/mol. The first-order chi connectivity index (χ1) is 9.60. The molecular weight excluding hydrogens is 248 g/mol. The van der Waals surface area contributed by atoms with Gasteiger partial charge in [0.15, 0.2) is 12.4 Å². The van der Waals surface area contributed by atoms with Crippen molar-refractivity contribution in [3.05, 3.63) is 59.9 Å². The van der Waals surface area contributed by atoms with E-state index in [0.29, 0.717) is 6.54 Å². The topological polar surface area (TPSA) is 24.2 Å². The van der Waals surface area contributed by atoms with Crippen LogP contribution in [0.3, 0.4) is 0 Å². The predicted octanol–water partition coefficient (Wildman–Crippen LogP) is 2.49. The van der Waals surface area contributed by atoms with Crippen molar-refractivity contribution in [2.45, 2.75) is 19.9 Å². The van der Waals surface area contributed by atoms with Crippen molar-refractivity contribution in [2.75, 3.05) is 19.0 Å². The van der Waals surface area contributed by atoms with Crippen molar-refractivity contribution in [3.8, 4) is 0 Å². The largest absolute Gasteiger partial charge is 0.377 e. The molecule has 0 bridgehead atoms. The molecule has 0 aliphatic rings. The summed E-state index contributed by atoms with van der Waals surface area (Å²) in [5, 5.41) is 0. The summed E-state index contributed by atoms with van der Waals surface area (Å²) in [6, 6.07) is 11.9. The molecule has 0 N–H and O–H groups in total. The van der Waals surface area contributed by atoms with E-state index in [9.17, 15) is 4.79 Å². The van der Waals surface area contributed by atoms with Gasteiger partial charge in [0.2, 0.25) is 12.3 Å². The van der Waals surface area contributed by atoms with Crippen LogP contribution in [0.5, 0.6) is 0 Å². The zero-order valence-electron chi connectivity index (χ0n) is 12.3. The molecule has 3 nitrogen and oxygen atoms in total. The van der Waals surface area contributed by atoms with E-state index in [1.807, 2.05) is 72.4 Å². The van der Waals surface area contributed by atoms with Crippen LogP contribution in [0, 0.1) is 0 Å². The third kappa shape index (κ3) is 3.44. The second-order valence-corrected chi connectivity index (χ2v) is 5.10. The van der Waals surface area contributed by atoms with E-state index >= 15 is 0 Å². The standard InChI is InChI=1S/C17H21N2O/c1-4-14-5-7-15(8-6-14)17(20)13-19-11-9-16(10-12-19)18(2)3/h5-12H,4,13H2,1-3H3/q+1. The first kappa shape index (κ1) is 14.3. The van der Waals surface area contributed by atoms with Crippen LogP contribution in [0.1, 0.15) is 22.8 Å². The van der Waals surface area contributed by atoms with E-state index in [-0.39, 0.29) is 5.78 Å². The molecule has 2 aromatic rings. The lowest BCUT2D eigenvalue weighted by Gasteiger charge is -2.10. The van der Waals surface area contributed by atoms with Crippen molar-refractivity contribution >= 4 is 11.5 Å². The summed E-state index contributed by atoms with van der Waals surface area (Å²) in [6.45, 7) is 2.48. The maximum absolute atomic E-state index is 12.2. The second kappa shape index (κ2) is 6.33. The predicted molar refractivity (Wildman–Crippen MR) is 81.1 cm³/mol. The Morgan fingerprint density at radius 1 is 1.05 bits per heavy atom. The molecule has 104 valence electrons. The number of aromatic nitrogens is 1. The number of ketones is 1. The number of aryl methyl sites for hydroxylation is 1. The van der Waals surface area contributed by atoms with Crippen LogP contribution < -0.4 is 9.47 Å². The Kier molecular flexibility index (Phi) is 4.51. The molecule has 1 aromatic heterocycles. The lowest BCUT2D eigenvalue weighted by atomic mass is 10.1. The fraction of sp³-hybridized carbons (Fsp3) is 0.294. The molecule has 2 rings (SSSR count). The Morgan fingerprint density at radius 2 is 1.65 bits per heavy atom. The van der Waals surface area contributed by atoms with Crippen LogP contribution >= 0.6 is 0 Å². The van der Waals surface area contributed by atoms with Crippen LogP contribution in [0.4, 0.5) is 5.69 Å². The van der Waals surface area contributed by atoms with Crippen molar-refractivity contribution in [3.63, 3.8) is 0 Å². The third-order valence-corrected chi connectivity index (χ3v) is 3.40. The zero-order valence-corrected chi connectivity index (χ0v) is 12.3. The number of hydrogen-bond acceptors (Lipinski definition) is 2. The Morgan fingerprint density at radius 3 is 2.15 bits per heavy atom. The average Bonchev–Trinajstić information content (AvgIpc) is 2.48. The van der Waals surface area contributed by atoms with E-state index in [4.69, 9.17) is 0 Å². The highest BCUT2D eigenvalue weighted by Gasteiger charge is 2.12. The van der Waals surface area contributed by atoms with Crippen LogP contribution in [0.2, 0.25) is 0 Å². The first-order valence-corrected chi connectivity index (χ1v) is 6.88. The highest BCUT2D eigenvalue weighted by atomic mass is 16.1. The molecule has 1 aromatic carbocycles. The number of nitrogens with zero attached hydrogens (tertiary/aromatic N) is 2. The van der Waals surface area contributed by atoms with Gasteiger partial charge in [0.1, 0.15) is 0 Å². The molecule has 0 fully saturated rings. The highest BCUT2D eigenvalue weighted by Crippen LogP contribution is 2.08. The number of carbonyl (C=O) groups is 1. The van der Waals surface area contributed by atoms with Gasteiger partial charge in [-0.2, -0.15) is 4.57 Å². The van der Waals surface area contributed by atoms with Crippen LogP contribution in [0.25, 0.3) is 0 Å². The molecule has 20 heavy (non-hydrogen) atoms. The summed E-state index contributed by atoms with van der Waals surface area (Å²) in [6.07, 6.45) is 4.87. The van der Waals surface area contributed by atoms with Gasteiger partial charge in [-0.05, 0) is 12.0 Å². The molecule has 0 saturated heterocycles. The minimum absolute atomic E-state index is 0.134. The number of rotatable bonds is 5. The van der Waals surface area contributed by atoms with Gasteiger partial charge < -0.3 is 4.90 Å². The summed E-state index contributed by atoms with van der Waals surface area (Å²) < 4.78 is 1.91.